The molecule has 3 aromatic rings. The van der Waals surface area contributed by atoms with Crippen LogP contribution in [-0.4, -0.2) is 50.5 Å². The van der Waals surface area contributed by atoms with Gasteiger partial charge in [-0.3, -0.25) is 19.3 Å². The highest BCUT2D eigenvalue weighted by Gasteiger charge is 2.33. The standard InChI is InChI=1S/C20H18F3N5O4/c1-32-16-6-4-12(9-15(16)28(30)31)19(29)26-8-2-3-13(10-26)18-25-24-17-7-5-14(11-27(17)18)20(21,22)23/h4-7,9,11,13H,2-3,8,10H2,1H3/t13-/m1/s1. The lowest BCUT2D eigenvalue weighted by Gasteiger charge is -2.32. The molecular formula is C20H18F3N5O4. The van der Waals surface area contributed by atoms with Crippen LogP contribution in [0.3, 0.4) is 0 Å². The normalized spacial score (nSPS) is 16.9. The molecule has 0 N–H and O–H groups in total. The van der Waals surface area contributed by atoms with Gasteiger partial charge in [-0.2, -0.15) is 13.2 Å². The zero-order chi connectivity index (χ0) is 23.0. The predicted molar refractivity (Wildman–Crippen MR) is 106 cm³/mol. The molecule has 1 amide bonds. The van der Waals surface area contributed by atoms with E-state index < -0.39 is 22.6 Å². The van der Waals surface area contributed by atoms with Crippen LogP contribution >= 0.6 is 0 Å². The Labute approximate surface area is 179 Å². The number of amides is 1. The lowest BCUT2D eigenvalue weighted by Crippen LogP contribution is -2.39. The fraction of sp³-hybridized carbons (Fsp3) is 0.350. The van der Waals surface area contributed by atoms with Crippen molar-refractivity contribution in [3.8, 4) is 5.75 Å². The number of aromatic nitrogens is 3. The van der Waals surface area contributed by atoms with Crippen LogP contribution in [0.4, 0.5) is 18.9 Å². The van der Waals surface area contributed by atoms with Gasteiger partial charge in [-0.15, -0.1) is 10.2 Å². The number of pyridine rings is 1. The summed E-state index contributed by atoms with van der Waals surface area (Å²) in [6.07, 6.45) is -2.34. The molecule has 2 aromatic heterocycles. The van der Waals surface area contributed by atoms with E-state index in [1.165, 1.54) is 34.6 Å². The number of hydrogen-bond donors (Lipinski definition) is 0. The molecule has 0 radical (unpaired) electrons. The molecule has 0 aliphatic carbocycles. The molecule has 32 heavy (non-hydrogen) atoms. The minimum absolute atomic E-state index is 0.0402. The minimum atomic E-state index is -4.51. The second-order valence-electron chi connectivity index (χ2n) is 7.44. The summed E-state index contributed by atoms with van der Waals surface area (Å²) in [5.41, 5.74) is -0.735. The summed E-state index contributed by atoms with van der Waals surface area (Å²) in [5.74, 6) is -0.368. The van der Waals surface area contributed by atoms with Crippen LogP contribution in [0.25, 0.3) is 5.65 Å². The molecular weight excluding hydrogens is 431 g/mol. The van der Waals surface area contributed by atoms with E-state index in [2.05, 4.69) is 10.2 Å². The molecule has 0 spiro atoms. The fourth-order valence-corrected chi connectivity index (χ4v) is 3.88. The molecule has 1 fully saturated rings. The molecule has 1 aliphatic rings. The molecule has 1 saturated heterocycles. The Morgan fingerprint density at radius 2 is 2.03 bits per heavy atom. The van der Waals surface area contributed by atoms with Crippen LogP contribution in [0.1, 0.15) is 40.5 Å². The van der Waals surface area contributed by atoms with E-state index in [9.17, 15) is 28.1 Å². The Kier molecular flexibility index (Phi) is 5.45. The smallest absolute Gasteiger partial charge is 0.417 e. The first-order valence-corrected chi connectivity index (χ1v) is 9.72. The fourth-order valence-electron chi connectivity index (χ4n) is 3.88. The van der Waals surface area contributed by atoms with Gasteiger partial charge in [-0.05, 0) is 37.1 Å². The van der Waals surface area contributed by atoms with E-state index in [4.69, 9.17) is 4.74 Å². The van der Waals surface area contributed by atoms with Gasteiger partial charge in [0.15, 0.2) is 11.4 Å². The molecule has 4 rings (SSSR count). The molecule has 168 valence electrons. The zero-order valence-corrected chi connectivity index (χ0v) is 16.9. The van der Waals surface area contributed by atoms with Crippen LogP contribution in [0.5, 0.6) is 5.75 Å². The number of alkyl halides is 3. The summed E-state index contributed by atoms with van der Waals surface area (Å²) in [5, 5.41) is 19.3. The maximum Gasteiger partial charge on any atom is 0.417 e. The molecule has 0 saturated carbocycles. The maximum atomic E-state index is 13.1. The van der Waals surface area contributed by atoms with Crippen molar-refractivity contribution in [2.45, 2.75) is 24.9 Å². The second kappa shape index (κ2) is 8.09. The van der Waals surface area contributed by atoms with Crippen molar-refractivity contribution >= 4 is 17.2 Å². The zero-order valence-electron chi connectivity index (χ0n) is 16.9. The van der Waals surface area contributed by atoms with Crippen molar-refractivity contribution in [2.75, 3.05) is 20.2 Å². The highest BCUT2D eigenvalue weighted by atomic mass is 19.4. The number of carbonyl (C=O) groups excluding carboxylic acids is 1. The Bertz CT molecular complexity index is 1190. The van der Waals surface area contributed by atoms with Crippen molar-refractivity contribution in [3.05, 3.63) is 63.6 Å². The molecule has 0 unspecified atom stereocenters. The molecule has 9 nitrogen and oxygen atoms in total. The molecule has 1 atom stereocenters. The SMILES string of the molecule is COc1ccc(C(=O)N2CCC[C@@H](c3nnc4ccc(C(F)(F)F)cn34)C2)cc1[N+](=O)[O-]. The van der Waals surface area contributed by atoms with Gasteiger partial charge in [0.05, 0.1) is 17.6 Å². The third-order valence-corrected chi connectivity index (χ3v) is 5.45. The first-order valence-electron chi connectivity index (χ1n) is 9.72. The van der Waals surface area contributed by atoms with Gasteiger partial charge in [0.1, 0.15) is 5.82 Å². The van der Waals surface area contributed by atoms with Crippen molar-refractivity contribution < 1.29 is 27.6 Å². The van der Waals surface area contributed by atoms with Gasteiger partial charge in [0, 0.05) is 36.8 Å². The highest BCUT2D eigenvalue weighted by molar-refractivity contribution is 5.95. The average molecular weight is 449 g/mol. The summed E-state index contributed by atoms with van der Waals surface area (Å²) in [4.78, 5) is 25.2. The summed E-state index contributed by atoms with van der Waals surface area (Å²) >= 11 is 0. The Morgan fingerprint density at radius 1 is 1.25 bits per heavy atom. The van der Waals surface area contributed by atoms with E-state index in [0.717, 1.165) is 18.3 Å². The Hall–Kier alpha value is -3.70. The van der Waals surface area contributed by atoms with Crippen molar-refractivity contribution in [1.29, 1.82) is 0 Å². The first kappa shape index (κ1) is 21.5. The third-order valence-electron chi connectivity index (χ3n) is 5.45. The summed E-state index contributed by atoms with van der Waals surface area (Å²) in [6, 6.07) is 6.16. The summed E-state index contributed by atoms with van der Waals surface area (Å²) < 4.78 is 45.7. The van der Waals surface area contributed by atoms with Crippen LogP contribution in [-0.2, 0) is 6.18 Å². The second-order valence-corrected chi connectivity index (χ2v) is 7.44. The number of ether oxygens (including phenoxy) is 1. The largest absolute Gasteiger partial charge is 0.490 e. The Balaban J connectivity index is 1.61. The quantitative estimate of drug-likeness (QED) is 0.445. The van der Waals surface area contributed by atoms with Crippen molar-refractivity contribution in [2.24, 2.45) is 0 Å². The molecule has 1 aromatic carbocycles. The van der Waals surface area contributed by atoms with E-state index in [-0.39, 0.29) is 35.1 Å². The van der Waals surface area contributed by atoms with Gasteiger partial charge in [-0.1, -0.05) is 0 Å². The number of fused-ring (bicyclic) bond motifs is 1. The first-order chi connectivity index (χ1) is 15.2. The lowest BCUT2D eigenvalue weighted by molar-refractivity contribution is -0.385. The van der Waals surface area contributed by atoms with Gasteiger partial charge >= 0.3 is 11.9 Å². The molecule has 1 aliphatic heterocycles. The molecule has 3 heterocycles. The van der Waals surface area contributed by atoms with Crippen LogP contribution in [0.15, 0.2) is 36.5 Å². The van der Waals surface area contributed by atoms with Crippen LogP contribution in [0.2, 0.25) is 0 Å². The third kappa shape index (κ3) is 3.95. The van der Waals surface area contributed by atoms with Gasteiger partial charge in [0.2, 0.25) is 0 Å². The van der Waals surface area contributed by atoms with Gasteiger partial charge < -0.3 is 9.64 Å². The number of likely N-dealkylation sites (tertiary alicyclic amines) is 1. The number of piperidine rings is 1. The highest BCUT2D eigenvalue weighted by Crippen LogP contribution is 2.32. The molecule has 0 bridgehead atoms. The number of rotatable bonds is 4. The summed E-state index contributed by atoms with van der Waals surface area (Å²) in [7, 11) is 1.30. The van der Waals surface area contributed by atoms with E-state index in [1.54, 1.807) is 0 Å². The summed E-state index contributed by atoms with van der Waals surface area (Å²) in [6.45, 7) is 0.620. The number of nitro benzene ring substituents is 1. The number of nitrogens with zero attached hydrogens (tertiary/aromatic N) is 5. The van der Waals surface area contributed by atoms with Gasteiger partial charge in [0.25, 0.3) is 5.91 Å². The number of benzene rings is 1. The number of hydrogen-bond acceptors (Lipinski definition) is 6. The van der Waals surface area contributed by atoms with E-state index in [1.807, 2.05) is 0 Å². The predicted octanol–water partition coefficient (Wildman–Crippen LogP) is 3.68. The number of nitro groups is 1. The van der Waals surface area contributed by atoms with Crippen LogP contribution < -0.4 is 4.74 Å². The molecule has 12 heteroatoms. The van der Waals surface area contributed by atoms with Crippen molar-refractivity contribution in [3.63, 3.8) is 0 Å². The maximum absolute atomic E-state index is 13.1. The van der Waals surface area contributed by atoms with E-state index >= 15 is 0 Å². The van der Waals surface area contributed by atoms with Crippen LogP contribution in [0, 0.1) is 10.1 Å². The Morgan fingerprint density at radius 3 is 2.72 bits per heavy atom. The van der Waals surface area contributed by atoms with E-state index in [0.29, 0.717) is 25.2 Å². The number of methoxy groups -OCH3 is 1. The topological polar surface area (TPSA) is 103 Å². The lowest BCUT2D eigenvalue weighted by atomic mass is 9.96. The van der Waals surface area contributed by atoms with Crippen molar-refractivity contribution in [1.82, 2.24) is 19.5 Å². The minimum Gasteiger partial charge on any atom is -0.490 e. The van der Waals surface area contributed by atoms with Gasteiger partial charge in [-0.25, -0.2) is 0 Å². The average Bonchev–Trinajstić information content (AvgIpc) is 3.21. The monoisotopic (exact) mass is 449 g/mol. The number of carbonyl (C=O) groups is 1. The number of halogens is 3.